The first-order valence-electron chi connectivity index (χ1n) is 12.5. The van der Waals surface area contributed by atoms with Crippen LogP contribution in [0, 0.1) is 11.8 Å². The molecule has 0 heterocycles. The van der Waals surface area contributed by atoms with Crippen LogP contribution in [0.4, 0.5) is 0 Å². The lowest BCUT2D eigenvalue weighted by molar-refractivity contribution is -0.142. The molecule has 37 heavy (non-hydrogen) atoms. The van der Waals surface area contributed by atoms with Crippen LogP contribution in [0.25, 0.3) is 0 Å². The lowest BCUT2D eigenvalue weighted by Crippen LogP contribution is -2.59. The van der Waals surface area contributed by atoms with Crippen molar-refractivity contribution in [2.45, 2.75) is 84.0 Å². The van der Waals surface area contributed by atoms with Gasteiger partial charge in [0.1, 0.15) is 18.1 Å². The smallest absolute Gasteiger partial charge is 0.326 e. The minimum atomic E-state index is -1.20. The Hall–Kier alpha value is -3.47. The van der Waals surface area contributed by atoms with Crippen molar-refractivity contribution in [1.82, 2.24) is 16.0 Å². The molecule has 5 atom stereocenters. The first-order chi connectivity index (χ1) is 17.3. The number of nitrogens with two attached hydrogens (primary N) is 1. The number of carbonyl (C=O) groups is 5. The van der Waals surface area contributed by atoms with Crippen molar-refractivity contribution in [3.8, 4) is 0 Å². The second kappa shape index (κ2) is 15.6. The van der Waals surface area contributed by atoms with Crippen molar-refractivity contribution in [2.75, 3.05) is 0 Å². The topological polar surface area (TPSA) is 188 Å². The Kier molecular flexibility index (Phi) is 13.3. The van der Waals surface area contributed by atoms with Crippen molar-refractivity contribution in [1.29, 1.82) is 0 Å². The number of hydrogen-bond donors (Lipinski definition) is 6. The van der Waals surface area contributed by atoms with Gasteiger partial charge < -0.3 is 31.9 Å². The van der Waals surface area contributed by atoms with Crippen molar-refractivity contribution in [2.24, 2.45) is 17.6 Å². The molecule has 3 amide bonds. The molecule has 1 rings (SSSR count). The fraction of sp³-hybridized carbons (Fsp3) is 0.577. The van der Waals surface area contributed by atoms with Crippen LogP contribution >= 0.6 is 0 Å². The highest BCUT2D eigenvalue weighted by molar-refractivity contribution is 5.94. The predicted octanol–water partition coefficient (Wildman–Crippen LogP) is 1.05. The molecule has 5 unspecified atom stereocenters. The molecular weight excluding hydrogens is 480 g/mol. The first kappa shape index (κ1) is 31.6. The minimum Gasteiger partial charge on any atom is -0.481 e. The summed E-state index contributed by atoms with van der Waals surface area (Å²) in [5.41, 5.74) is 6.53. The van der Waals surface area contributed by atoms with Gasteiger partial charge in [-0.1, -0.05) is 64.4 Å². The molecule has 206 valence electrons. The Morgan fingerprint density at radius 2 is 1.46 bits per heavy atom. The molecule has 0 aliphatic rings. The zero-order chi connectivity index (χ0) is 28.1. The van der Waals surface area contributed by atoms with Crippen LogP contribution in [0.2, 0.25) is 0 Å². The Labute approximate surface area is 217 Å². The third-order valence-corrected chi connectivity index (χ3v) is 6.04. The van der Waals surface area contributed by atoms with Crippen LogP contribution in [-0.4, -0.2) is 64.0 Å². The number of rotatable bonds is 16. The molecule has 0 saturated heterocycles. The van der Waals surface area contributed by atoms with Gasteiger partial charge in [-0.2, -0.15) is 0 Å². The van der Waals surface area contributed by atoms with Crippen molar-refractivity contribution in [3.63, 3.8) is 0 Å². The summed E-state index contributed by atoms with van der Waals surface area (Å²) in [4.78, 5) is 61.5. The van der Waals surface area contributed by atoms with Crippen LogP contribution in [0.5, 0.6) is 0 Å². The standard InChI is InChI=1S/C26H40N4O7/c1-5-16(4)22(30-23(33)18(27)11-12-21(31)32)25(35)28-19(13-15(2)3)24(34)29-20(26(36)37)14-17-9-7-6-8-10-17/h6-10,15-16,18-20,22H,5,11-14,27H2,1-4H3,(H,28,35)(H,29,34)(H,30,33)(H,31,32)(H,36,37). The van der Waals surface area contributed by atoms with Gasteiger partial charge in [-0.15, -0.1) is 0 Å². The van der Waals surface area contributed by atoms with Gasteiger partial charge in [0.25, 0.3) is 0 Å². The molecule has 1 aromatic carbocycles. The summed E-state index contributed by atoms with van der Waals surface area (Å²) in [5.74, 6) is -4.53. The zero-order valence-electron chi connectivity index (χ0n) is 21.9. The van der Waals surface area contributed by atoms with Crippen LogP contribution in [-0.2, 0) is 30.4 Å². The van der Waals surface area contributed by atoms with E-state index in [0.717, 1.165) is 5.56 Å². The molecule has 11 heteroatoms. The molecule has 0 aromatic heterocycles. The highest BCUT2D eigenvalue weighted by Crippen LogP contribution is 2.12. The van der Waals surface area contributed by atoms with Crippen molar-refractivity contribution < 1.29 is 34.2 Å². The molecule has 0 saturated carbocycles. The summed E-state index contributed by atoms with van der Waals surface area (Å²) in [6.07, 6.45) is 0.464. The molecule has 0 aliphatic carbocycles. The maximum atomic E-state index is 13.2. The number of amides is 3. The van der Waals surface area contributed by atoms with Crippen molar-refractivity contribution in [3.05, 3.63) is 35.9 Å². The highest BCUT2D eigenvalue weighted by atomic mass is 16.4. The van der Waals surface area contributed by atoms with Gasteiger partial charge in [0.05, 0.1) is 6.04 Å². The molecule has 0 spiro atoms. The van der Waals surface area contributed by atoms with E-state index in [2.05, 4.69) is 16.0 Å². The molecule has 0 fully saturated rings. The molecule has 0 aliphatic heterocycles. The van der Waals surface area contributed by atoms with E-state index in [1.54, 1.807) is 37.3 Å². The lowest BCUT2D eigenvalue weighted by Gasteiger charge is -2.28. The van der Waals surface area contributed by atoms with E-state index in [9.17, 15) is 29.1 Å². The summed E-state index contributed by atoms with van der Waals surface area (Å²) in [6.45, 7) is 7.31. The Morgan fingerprint density at radius 3 is 1.97 bits per heavy atom. The van der Waals surface area contributed by atoms with Crippen LogP contribution in [0.1, 0.15) is 58.9 Å². The summed E-state index contributed by atoms with van der Waals surface area (Å²) in [7, 11) is 0. The molecule has 1 aromatic rings. The number of hydrogen-bond acceptors (Lipinski definition) is 6. The van der Waals surface area contributed by atoms with E-state index in [-0.39, 0.29) is 37.5 Å². The van der Waals surface area contributed by atoms with Gasteiger partial charge in [0.15, 0.2) is 0 Å². The number of carbonyl (C=O) groups excluding carboxylic acids is 3. The van der Waals surface area contributed by atoms with Gasteiger partial charge in [0, 0.05) is 12.8 Å². The Morgan fingerprint density at radius 1 is 0.865 bits per heavy atom. The van der Waals surface area contributed by atoms with Gasteiger partial charge in [-0.05, 0) is 30.2 Å². The molecular formula is C26H40N4O7. The highest BCUT2D eigenvalue weighted by Gasteiger charge is 2.32. The van der Waals surface area contributed by atoms with E-state index in [1.165, 1.54) is 0 Å². The third-order valence-electron chi connectivity index (χ3n) is 6.04. The summed E-state index contributed by atoms with van der Waals surface area (Å²) < 4.78 is 0. The monoisotopic (exact) mass is 520 g/mol. The molecule has 11 nitrogen and oxygen atoms in total. The van der Waals surface area contributed by atoms with Crippen LogP contribution in [0.15, 0.2) is 30.3 Å². The zero-order valence-corrected chi connectivity index (χ0v) is 21.9. The predicted molar refractivity (Wildman–Crippen MR) is 137 cm³/mol. The first-order valence-corrected chi connectivity index (χ1v) is 12.5. The number of benzene rings is 1. The maximum Gasteiger partial charge on any atom is 0.326 e. The SMILES string of the molecule is CCC(C)C(NC(=O)C(N)CCC(=O)O)C(=O)NC(CC(C)C)C(=O)NC(Cc1ccccc1)C(=O)O. The fourth-order valence-electron chi connectivity index (χ4n) is 3.66. The number of aliphatic carboxylic acids is 2. The lowest BCUT2D eigenvalue weighted by atomic mass is 9.96. The van der Waals surface area contributed by atoms with Gasteiger partial charge >= 0.3 is 11.9 Å². The van der Waals surface area contributed by atoms with E-state index in [4.69, 9.17) is 10.8 Å². The fourth-order valence-corrected chi connectivity index (χ4v) is 3.66. The largest absolute Gasteiger partial charge is 0.481 e. The van der Waals surface area contributed by atoms with E-state index >= 15 is 0 Å². The minimum absolute atomic E-state index is 0.00506. The number of carboxylic acids is 2. The van der Waals surface area contributed by atoms with Gasteiger partial charge in [-0.25, -0.2) is 4.79 Å². The average Bonchev–Trinajstić information content (AvgIpc) is 2.84. The van der Waals surface area contributed by atoms with Crippen LogP contribution in [0.3, 0.4) is 0 Å². The average molecular weight is 521 g/mol. The number of carboxylic acid groups (broad SMARTS) is 2. The summed E-state index contributed by atoms with van der Waals surface area (Å²) in [5, 5.41) is 26.3. The Balaban J connectivity index is 3.00. The quantitative estimate of drug-likeness (QED) is 0.186. The van der Waals surface area contributed by atoms with Crippen molar-refractivity contribution >= 4 is 29.7 Å². The normalized spacial score (nSPS) is 15.1. The van der Waals surface area contributed by atoms with E-state index < -0.39 is 53.8 Å². The third kappa shape index (κ3) is 11.4. The Bertz CT molecular complexity index is 923. The van der Waals surface area contributed by atoms with E-state index in [1.807, 2.05) is 20.8 Å². The molecule has 0 radical (unpaired) electrons. The van der Waals surface area contributed by atoms with Gasteiger partial charge in [-0.3, -0.25) is 19.2 Å². The summed E-state index contributed by atoms with van der Waals surface area (Å²) >= 11 is 0. The maximum absolute atomic E-state index is 13.2. The summed E-state index contributed by atoms with van der Waals surface area (Å²) in [6, 6.07) is 4.51. The number of nitrogens with one attached hydrogen (secondary N) is 3. The molecule has 7 N–H and O–H groups in total. The second-order valence-electron chi connectivity index (χ2n) is 9.69. The van der Waals surface area contributed by atoms with Gasteiger partial charge in [0.2, 0.25) is 17.7 Å². The van der Waals surface area contributed by atoms with Crippen LogP contribution < -0.4 is 21.7 Å². The van der Waals surface area contributed by atoms with E-state index in [0.29, 0.717) is 6.42 Å². The second-order valence-corrected chi connectivity index (χ2v) is 9.69. The molecule has 0 bridgehead atoms.